The Morgan fingerprint density at radius 3 is 2.65 bits per heavy atom. The van der Waals surface area contributed by atoms with E-state index in [-0.39, 0.29) is 0 Å². The Morgan fingerprint density at radius 2 is 1.92 bits per heavy atom. The van der Waals surface area contributed by atoms with Gasteiger partial charge in [0.25, 0.3) is 0 Å². The Bertz CT molecular complexity index is 521. The molecule has 0 unspecified atom stereocenters. The van der Waals surface area contributed by atoms with E-state index in [1.54, 1.807) is 14.2 Å². The summed E-state index contributed by atoms with van der Waals surface area (Å²) in [5.41, 5.74) is 2.41. The molecule has 0 heterocycles. The van der Waals surface area contributed by atoms with Crippen molar-refractivity contribution in [3.8, 4) is 5.75 Å². The van der Waals surface area contributed by atoms with Gasteiger partial charge >= 0.3 is 0 Å². The largest absolute Gasteiger partial charge is 0.496 e. The van der Waals surface area contributed by atoms with Crippen molar-refractivity contribution in [2.24, 2.45) is 4.99 Å². The van der Waals surface area contributed by atoms with E-state index in [1.807, 2.05) is 0 Å². The van der Waals surface area contributed by atoms with E-state index in [4.69, 9.17) is 14.2 Å². The van der Waals surface area contributed by atoms with Crippen molar-refractivity contribution in [1.29, 1.82) is 0 Å². The number of hydrogen-bond acceptors (Lipinski definition) is 4. The predicted molar refractivity (Wildman–Crippen MR) is 107 cm³/mol. The van der Waals surface area contributed by atoms with E-state index in [0.29, 0.717) is 13.2 Å². The lowest BCUT2D eigenvalue weighted by atomic mass is 10.1. The highest BCUT2D eigenvalue weighted by Gasteiger charge is 2.02. The predicted octanol–water partition coefficient (Wildman–Crippen LogP) is 2.54. The number of aliphatic imine (C=N–C) groups is 1. The van der Waals surface area contributed by atoms with Crippen molar-refractivity contribution in [2.45, 2.75) is 33.1 Å². The van der Waals surface area contributed by atoms with Crippen LogP contribution in [0.15, 0.2) is 23.2 Å². The summed E-state index contributed by atoms with van der Waals surface area (Å²) in [6, 6.07) is 6.35. The van der Waals surface area contributed by atoms with Gasteiger partial charge in [0.1, 0.15) is 5.75 Å². The summed E-state index contributed by atoms with van der Waals surface area (Å²) in [6.07, 6.45) is 2.95. The highest BCUT2D eigenvalue weighted by atomic mass is 16.5. The van der Waals surface area contributed by atoms with Crippen LogP contribution in [0.5, 0.6) is 5.75 Å². The first-order valence-corrected chi connectivity index (χ1v) is 9.43. The number of aryl methyl sites for hydroxylation is 1. The lowest BCUT2D eigenvalue weighted by Gasteiger charge is -2.12. The first-order chi connectivity index (χ1) is 12.7. The van der Waals surface area contributed by atoms with Gasteiger partial charge in [0.05, 0.1) is 20.3 Å². The summed E-state index contributed by atoms with van der Waals surface area (Å²) in [7, 11) is 3.39. The maximum Gasteiger partial charge on any atom is 0.191 e. The maximum absolute atomic E-state index is 5.45. The van der Waals surface area contributed by atoms with Crippen molar-refractivity contribution < 1.29 is 14.2 Å². The minimum Gasteiger partial charge on any atom is -0.496 e. The Kier molecular flexibility index (Phi) is 12.3. The van der Waals surface area contributed by atoms with E-state index in [0.717, 1.165) is 62.8 Å². The number of methoxy groups -OCH3 is 2. The molecular formula is C20H35N3O3. The van der Waals surface area contributed by atoms with E-state index in [9.17, 15) is 0 Å². The van der Waals surface area contributed by atoms with Gasteiger partial charge in [-0.05, 0) is 50.3 Å². The molecule has 0 fully saturated rings. The van der Waals surface area contributed by atoms with Crippen molar-refractivity contribution in [1.82, 2.24) is 10.6 Å². The smallest absolute Gasteiger partial charge is 0.191 e. The van der Waals surface area contributed by atoms with E-state index in [1.165, 1.54) is 5.56 Å². The zero-order valence-corrected chi connectivity index (χ0v) is 16.8. The van der Waals surface area contributed by atoms with Gasteiger partial charge in [0.2, 0.25) is 0 Å². The molecule has 6 nitrogen and oxygen atoms in total. The minimum absolute atomic E-state index is 0.652. The number of guanidine groups is 1. The second-order valence-electron chi connectivity index (χ2n) is 6.05. The van der Waals surface area contributed by atoms with Crippen LogP contribution in [0, 0.1) is 6.92 Å². The zero-order chi connectivity index (χ0) is 19.0. The summed E-state index contributed by atoms with van der Waals surface area (Å²) in [5, 5.41) is 6.68. The van der Waals surface area contributed by atoms with Crippen LogP contribution in [0.25, 0.3) is 0 Å². The standard InChI is InChI=1S/C20H35N3O3/c1-5-21-20(22-11-6-7-13-26-15-14-24-3)23-12-10-18-9-8-17(2)19(16-18)25-4/h8-9,16H,5-7,10-15H2,1-4H3,(H2,21,22,23). The number of hydrogen-bond donors (Lipinski definition) is 2. The van der Waals surface area contributed by atoms with Crippen LogP contribution in [0.3, 0.4) is 0 Å². The molecule has 0 amide bonds. The summed E-state index contributed by atoms with van der Waals surface area (Å²) < 4.78 is 15.8. The van der Waals surface area contributed by atoms with Gasteiger partial charge in [0.15, 0.2) is 5.96 Å². The molecule has 0 aliphatic heterocycles. The molecule has 1 aromatic carbocycles. The maximum atomic E-state index is 5.45. The quantitative estimate of drug-likeness (QED) is 0.319. The van der Waals surface area contributed by atoms with Crippen molar-refractivity contribution >= 4 is 5.96 Å². The molecule has 1 aromatic rings. The molecule has 0 bridgehead atoms. The van der Waals surface area contributed by atoms with Crippen LogP contribution in [0.2, 0.25) is 0 Å². The van der Waals surface area contributed by atoms with Crippen molar-refractivity contribution in [3.05, 3.63) is 29.3 Å². The SMILES string of the molecule is CCNC(=NCCCCOCCOC)NCCc1ccc(C)c(OC)c1. The second kappa shape index (κ2) is 14.4. The lowest BCUT2D eigenvalue weighted by molar-refractivity contribution is 0.0690. The highest BCUT2D eigenvalue weighted by molar-refractivity contribution is 5.79. The number of ether oxygens (including phenoxy) is 3. The molecule has 0 aromatic heterocycles. The fraction of sp³-hybridized carbons (Fsp3) is 0.650. The van der Waals surface area contributed by atoms with Gasteiger partial charge in [-0.15, -0.1) is 0 Å². The third-order valence-electron chi connectivity index (χ3n) is 3.92. The first-order valence-electron chi connectivity index (χ1n) is 9.43. The molecular weight excluding hydrogens is 330 g/mol. The molecule has 1 rings (SSSR count). The molecule has 0 aliphatic carbocycles. The Balaban J connectivity index is 2.29. The molecule has 0 atom stereocenters. The minimum atomic E-state index is 0.652. The zero-order valence-electron chi connectivity index (χ0n) is 16.8. The van der Waals surface area contributed by atoms with Crippen LogP contribution in [-0.4, -0.2) is 59.6 Å². The van der Waals surface area contributed by atoms with E-state index >= 15 is 0 Å². The fourth-order valence-corrected chi connectivity index (χ4v) is 2.44. The van der Waals surface area contributed by atoms with Crippen molar-refractivity contribution in [3.63, 3.8) is 0 Å². The van der Waals surface area contributed by atoms with Crippen LogP contribution < -0.4 is 15.4 Å². The van der Waals surface area contributed by atoms with Crippen LogP contribution >= 0.6 is 0 Å². The monoisotopic (exact) mass is 365 g/mol. The molecule has 0 radical (unpaired) electrons. The summed E-state index contributed by atoms with van der Waals surface area (Å²) in [6.45, 7) is 8.68. The molecule has 0 aliphatic rings. The normalized spacial score (nSPS) is 11.5. The average molecular weight is 366 g/mol. The van der Waals surface area contributed by atoms with Crippen LogP contribution in [0.1, 0.15) is 30.9 Å². The number of benzene rings is 1. The summed E-state index contributed by atoms with van der Waals surface area (Å²) in [5.74, 6) is 1.81. The Labute approximate surface area is 158 Å². The first kappa shape index (κ1) is 22.3. The van der Waals surface area contributed by atoms with E-state index < -0.39 is 0 Å². The molecule has 26 heavy (non-hydrogen) atoms. The molecule has 0 saturated carbocycles. The highest BCUT2D eigenvalue weighted by Crippen LogP contribution is 2.18. The summed E-state index contributed by atoms with van der Waals surface area (Å²) in [4.78, 5) is 4.62. The number of nitrogens with one attached hydrogen (secondary N) is 2. The number of rotatable bonds is 13. The van der Waals surface area contributed by atoms with Gasteiger partial charge in [-0.1, -0.05) is 12.1 Å². The fourth-order valence-electron chi connectivity index (χ4n) is 2.44. The Hall–Kier alpha value is -1.79. The third-order valence-corrected chi connectivity index (χ3v) is 3.92. The second-order valence-corrected chi connectivity index (χ2v) is 6.05. The van der Waals surface area contributed by atoms with Gasteiger partial charge in [-0.3, -0.25) is 4.99 Å². The van der Waals surface area contributed by atoms with Gasteiger partial charge < -0.3 is 24.8 Å². The average Bonchev–Trinajstić information content (AvgIpc) is 2.65. The van der Waals surface area contributed by atoms with Gasteiger partial charge in [-0.2, -0.15) is 0 Å². The van der Waals surface area contributed by atoms with Crippen LogP contribution in [-0.2, 0) is 15.9 Å². The molecule has 2 N–H and O–H groups in total. The molecule has 0 saturated heterocycles. The molecule has 6 heteroatoms. The number of unbranched alkanes of at least 4 members (excludes halogenated alkanes) is 1. The van der Waals surface area contributed by atoms with Gasteiger partial charge in [0, 0.05) is 33.4 Å². The number of nitrogens with zero attached hydrogens (tertiary/aromatic N) is 1. The molecule has 148 valence electrons. The van der Waals surface area contributed by atoms with Gasteiger partial charge in [-0.25, -0.2) is 0 Å². The van der Waals surface area contributed by atoms with Crippen LogP contribution in [0.4, 0.5) is 0 Å². The third kappa shape index (κ3) is 9.63. The Morgan fingerprint density at radius 1 is 1.08 bits per heavy atom. The van der Waals surface area contributed by atoms with E-state index in [2.05, 4.69) is 47.7 Å². The van der Waals surface area contributed by atoms with Crippen molar-refractivity contribution in [2.75, 3.05) is 53.7 Å². The lowest BCUT2D eigenvalue weighted by Crippen LogP contribution is -2.38. The molecule has 0 spiro atoms. The topological polar surface area (TPSA) is 64.1 Å². The summed E-state index contributed by atoms with van der Waals surface area (Å²) >= 11 is 0.